The standard InChI is InChI=1S/C16H16Cl2N2O/c1-20(13-5-3-2-4-6-13)10-9-19-16(21)14-8-7-12(17)11-15(14)18/h2-8,11H,9-10H2,1H3,(H,19,21). The summed E-state index contributed by atoms with van der Waals surface area (Å²) in [6.45, 7) is 1.24. The fraction of sp³-hybridized carbons (Fsp3) is 0.188. The molecule has 0 heterocycles. The summed E-state index contributed by atoms with van der Waals surface area (Å²) < 4.78 is 0. The number of hydrogen-bond donors (Lipinski definition) is 1. The number of nitrogens with one attached hydrogen (secondary N) is 1. The Labute approximate surface area is 134 Å². The van der Waals surface area contributed by atoms with Crippen molar-refractivity contribution in [2.45, 2.75) is 0 Å². The lowest BCUT2D eigenvalue weighted by atomic mass is 10.2. The Hall–Kier alpha value is -1.71. The summed E-state index contributed by atoms with van der Waals surface area (Å²) in [4.78, 5) is 14.1. The maximum absolute atomic E-state index is 12.0. The average Bonchev–Trinajstić information content (AvgIpc) is 2.47. The van der Waals surface area contributed by atoms with Gasteiger partial charge in [-0.2, -0.15) is 0 Å². The molecule has 2 aromatic carbocycles. The smallest absolute Gasteiger partial charge is 0.252 e. The van der Waals surface area contributed by atoms with Crippen molar-refractivity contribution in [1.29, 1.82) is 0 Å². The van der Waals surface area contributed by atoms with Crippen molar-refractivity contribution in [1.82, 2.24) is 5.32 Å². The van der Waals surface area contributed by atoms with Crippen LogP contribution in [0.1, 0.15) is 10.4 Å². The van der Waals surface area contributed by atoms with E-state index in [1.807, 2.05) is 37.4 Å². The molecule has 0 radical (unpaired) electrons. The third-order valence-corrected chi connectivity index (χ3v) is 3.65. The molecular weight excluding hydrogens is 307 g/mol. The van der Waals surface area contributed by atoms with Gasteiger partial charge in [0.15, 0.2) is 0 Å². The zero-order valence-electron chi connectivity index (χ0n) is 11.6. The van der Waals surface area contributed by atoms with Gasteiger partial charge >= 0.3 is 0 Å². The number of likely N-dealkylation sites (N-methyl/N-ethyl adjacent to an activating group) is 1. The molecule has 0 aliphatic rings. The number of carbonyl (C=O) groups excluding carboxylic acids is 1. The first-order chi connectivity index (χ1) is 10.1. The van der Waals surface area contributed by atoms with E-state index < -0.39 is 0 Å². The predicted octanol–water partition coefficient (Wildman–Crippen LogP) is 3.86. The van der Waals surface area contributed by atoms with Crippen LogP contribution in [0.4, 0.5) is 5.69 Å². The first kappa shape index (κ1) is 15.7. The van der Waals surface area contributed by atoms with E-state index in [2.05, 4.69) is 10.2 Å². The van der Waals surface area contributed by atoms with Crippen molar-refractivity contribution in [3.8, 4) is 0 Å². The van der Waals surface area contributed by atoms with Crippen LogP contribution in [0.5, 0.6) is 0 Å². The molecule has 0 aliphatic carbocycles. The van der Waals surface area contributed by atoms with Crippen molar-refractivity contribution in [3.05, 3.63) is 64.1 Å². The van der Waals surface area contributed by atoms with Gasteiger partial charge < -0.3 is 10.2 Å². The molecule has 1 N–H and O–H groups in total. The second-order valence-corrected chi connectivity index (χ2v) is 5.48. The third-order valence-electron chi connectivity index (χ3n) is 3.11. The van der Waals surface area contributed by atoms with Crippen LogP contribution in [0.15, 0.2) is 48.5 Å². The Bertz CT molecular complexity index is 617. The molecule has 0 spiro atoms. The summed E-state index contributed by atoms with van der Waals surface area (Å²) in [5.41, 5.74) is 1.54. The van der Waals surface area contributed by atoms with Crippen LogP contribution in [0.25, 0.3) is 0 Å². The Balaban J connectivity index is 1.87. The van der Waals surface area contributed by atoms with E-state index in [9.17, 15) is 4.79 Å². The highest BCUT2D eigenvalue weighted by Gasteiger charge is 2.10. The lowest BCUT2D eigenvalue weighted by Crippen LogP contribution is -2.33. The molecule has 0 saturated carbocycles. The van der Waals surface area contributed by atoms with Gasteiger partial charge in [0.1, 0.15) is 0 Å². The molecule has 21 heavy (non-hydrogen) atoms. The second-order valence-electron chi connectivity index (χ2n) is 4.64. The quantitative estimate of drug-likeness (QED) is 0.906. The highest BCUT2D eigenvalue weighted by molar-refractivity contribution is 6.36. The van der Waals surface area contributed by atoms with Gasteiger partial charge in [0.05, 0.1) is 10.6 Å². The Morgan fingerprint density at radius 2 is 1.86 bits per heavy atom. The van der Waals surface area contributed by atoms with E-state index in [0.717, 1.165) is 5.69 Å². The number of benzene rings is 2. The lowest BCUT2D eigenvalue weighted by molar-refractivity contribution is 0.0955. The molecule has 110 valence electrons. The molecule has 0 aromatic heterocycles. The number of rotatable bonds is 5. The Morgan fingerprint density at radius 3 is 2.52 bits per heavy atom. The zero-order chi connectivity index (χ0) is 15.2. The monoisotopic (exact) mass is 322 g/mol. The van der Waals surface area contributed by atoms with Crippen LogP contribution < -0.4 is 10.2 Å². The Kier molecular flexibility index (Phi) is 5.48. The minimum atomic E-state index is -0.196. The summed E-state index contributed by atoms with van der Waals surface area (Å²) in [5, 5.41) is 3.72. The van der Waals surface area contributed by atoms with E-state index >= 15 is 0 Å². The minimum absolute atomic E-state index is 0.196. The van der Waals surface area contributed by atoms with Crippen LogP contribution in [0.2, 0.25) is 10.0 Å². The predicted molar refractivity (Wildman–Crippen MR) is 88.5 cm³/mol. The van der Waals surface area contributed by atoms with E-state index in [1.54, 1.807) is 18.2 Å². The molecular formula is C16H16Cl2N2O. The minimum Gasteiger partial charge on any atom is -0.373 e. The van der Waals surface area contributed by atoms with Gasteiger partial charge in [-0.25, -0.2) is 0 Å². The number of nitrogens with zero attached hydrogens (tertiary/aromatic N) is 1. The molecule has 2 aromatic rings. The topological polar surface area (TPSA) is 32.3 Å². The highest BCUT2D eigenvalue weighted by atomic mass is 35.5. The lowest BCUT2D eigenvalue weighted by Gasteiger charge is -2.19. The third kappa shape index (κ3) is 4.38. The number of halogens is 2. The van der Waals surface area contributed by atoms with E-state index in [1.165, 1.54) is 0 Å². The van der Waals surface area contributed by atoms with Crippen LogP contribution in [0, 0.1) is 0 Å². The molecule has 5 heteroatoms. The molecule has 0 aliphatic heterocycles. The van der Waals surface area contributed by atoms with Gasteiger partial charge in [-0.15, -0.1) is 0 Å². The van der Waals surface area contributed by atoms with Crippen molar-refractivity contribution in [3.63, 3.8) is 0 Å². The summed E-state index contributed by atoms with van der Waals surface area (Å²) in [6.07, 6.45) is 0. The second kappa shape index (κ2) is 7.34. The van der Waals surface area contributed by atoms with Crippen LogP contribution in [0.3, 0.4) is 0 Å². The fourth-order valence-electron chi connectivity index (χ4n) is 1.92. The molecule has 0 saturated heterocycles. The van der Waals surface area contributed by atoms with Crippen LogP contribution in [-0.2, 0) is 0 Å². The summed E-state index contributed by atoms with van der Waals surface area (Å²) in [6, 6.07) is 14.8. The van der Waals surface area contributed by atoms with Crippen LogP contribution >= 0.6 is 23.2 Å². The summed E-state index contributed by atoms with van der Waals surface area (Å²) in [7, 11) is 1.98. The number of hydrogen-bond acceptors (Lipinski definition) is 2. The molecule has 2 rings (SSSR count). The maximum Gasteiger partial charge on any atom is 0.252 e. The van der Waals surface area contributed by atoms with Gasteiger partial charge in [0.2, 0.25) is 0 Å². The van der Waals surface area contributed by atoms with Gasteiger partial charge in [-0.05, 0) is 30.3 Å². The SMILES string of the molecule is CN(CCNC(=O)c1ccc(Cl)cc1Cl)c1ccccc1. The molecule has 0 fully saturated rings. The molecule has 0 unspecified atom stereocenters. The Morgan fingerprint density at radius 1 is 1.14 bits per heavy atom. The summed E-state index contributed by atoms with van der Waals surface area (Å²) >= 11 is 11.8. The van der Waals surface area contributed by atoms with Gasteiger partial charge in [-0.1, -0.05) is 41.4 Å². The fourth-order valence-corrected chi connectivity index (χ4v) is 2.41. The number of carbonyl (C=O) groups is 1. The van der Waals surface area contributed by atoms with Crippen LogP contribution in [-0.4, -0.2) is 26.0 Å². The normalized spacial score (nSPS) is 10.2. The number of amides is 1. The highest BCUT2D eigenvalue weighted by Crippen LogP contribution is 2.20. The maximum atomic E-state index is 12.0. The first-order valence-electron chi connectivity index (χ1n) is 6.57. The van der Waals surface area contributed by atoms with Gasteiger partial charge in [0.25, 0.3) is 5.91 Å². The first-order valence-corrected chi connectivity index (χ1v) is 7.33. The van der Waals surface area contributed by atoms with Crippen molar-refractivity contribution >= 4 is 34.8 Å². The average molecular weight is 323 g/mol. The number of para-hydroxylation sites is 1. The van der Waals surface area contributed by atoms with Crippen molar-refractivity contribution < 1.29 is 4.79 Å². The van der Waals surface area contributed by atoms with E-state index in [4.69, 9.17) is 23.2 Å². The zero-order valence-corrected chi connectivity index (χ0v) is 13.2. The molecule has 1 amide bonds. The largest absolute Gasteiger partial charge is 0.373 e. The van der Waals surface area contributed by atoms with Gasteiger partial charge in [-0.3, -0.25) is 4.79 Å². The molecule has 0 bridgehead atoms. The van der Waals surface area contributed by atoms with Crippen molar-refractivity contribution in [2.75, 3.05) is 25.0 Å². The summed E-state index contributed by atoms with van der Waals surface area (Å²) in [5.74, 6) is -0.196. The molecule has 3 nitrogen and oxygen atoms in total. The van der Waals surface area contributed by atoms with E-state index in [-0.39, 0.29) is 5.91 Å². The van der Waals surface area contributed by atoms with E-state index in [0.29, 0.717) is 28.7 Å². The van der Waals surface area contributed by atoms with Crippen molar-refractivity contribution in [2.24, 2.45) is 0 Å². The number of anilines is 1. The molecule has 0 atom stereocenters. The van der Waals surface area contributed by atoms with Gasteiger partial charge in [0, 0.05) is 30.8 Å².